The van der Waals surface area contributed by atoms with Crippen molar-refractivity contribution in [2.24, 2.45) is 5.92 Å². The van der Waals surface area contributed by atoms with E-state index >= 15 is 0 Å². The molecule has 0 spiro atoms. The first-order chi connectivity index (χ1) is 8.44. The second-order valence-corrected chi connectivity index (χ2v) is 5.36. The van der Waals surface area contributed by atoms with E-state index in [1.165, 1.54) is 4.90 Å². The smallest absolute Gasteiger partial charge is 0.329 e. The van der Waals surface area contributed by atoms with Crippen LogP contribution in [-0.2, 0) is 4.79 Å². The van der Waals surface area contributed by atoms with Crippen LogP contribution in [0.5, 0.6) is 0 Å². The van der Waals surface area contributed by atoms with Crippen molar-refractivity contribution < 1.29 is 14.7 Å². The Morgan fingerprint density at radius 1 is 1.44 bits per heavy atom. The quantitative estimate of drug-likeness (QED) is 0.791. The minimum absolute atomic E-state index is 0.239. The summed E-state index contributed by atoms with van der Waals surface area (Å²) >= 11 is 0. The van der Waals surface area contributed by atoms with Crippen LogP contribution < -0.4 is 5.32 Å². The van der Waals surface area contributed by atoms with Gasteiger partial charge in [-0.25, -0.2) is 9.59 Å². The Labute approximate surface area is 109 Å². The van der Waals surface area contributed by atoms with E-state index in [0.29, 0.717) is 31.8 Å². The molecule has 104 valence electrons. The van der Waals surface area contributed by atoms with E-state index < -0.39 is 11.5 Å². The summed E-state index contributed by atoms with van der Waals surface area (Å²) in [6, 6.07) is -0.239. The van der Waals surface area contributed by atoms with Crippen LogP contribution in [0, 0.1) is 5.92 Å². The monoisotopic (exact) mass is 256 g/mol. The highest BCUT2D eigenvalue weighted by molar-refractivity contribution is 5.87. The van der Waals surface area contributed by atoms with E-state index in [-0.39, 0.29) is 6.03 Å². The lowest BCUT2D eigenvalue weighted by molar-refractivity contribution is -0.148. The number of likely N-dealkylation sites (tertiary alicyclic amines) is 1. The van der Waals surface area contributed by atoms with Crippen LogP contribution in [0.25, 0.3) is 0 Å². The molecule has 1 rings (SSSR count). The SMILES string of the molecule is CCC1(C(=O)O)CCCN1C(=O)NCCC(C)C. The van der Waals surface area contributed by atoms with Crippen LogP contribution in [0.15, 0.2) is 0 Å². The molecule has 2 amide bonds. The Morgan fingerprint density at radius 2 is 2.11 bits per heavy atom. The maximum Gasteiger partial charge on any atom is 0.329 e. The molecule has 0 aromatic heterocycles. The van der Waals surface area contributed by atoms with Crippen molar-refractivity contribution in [2.75, 3.05) is 13.1 Å². The molecule has 1 atom stereocenters. The summed E-state index contributed by atoms with van der Waals surface area (Å²) in [5, 5.41) is 12.2. The highest BCUT2D eigenvalue weighted by Gasteiger charge is 2.48. The van der Waals surface area contributed by atoms with E-state index in [0.717, 1.165) is 12.8 Å². The molecular formula is C13H24N2O3. The third-order valence-electron chi connectivity index (χ3n) is 3.71. The number of nitrogens with one attached hydrogen (secondary N) is 1. The molecule has 1 aliphatic rings. The van der Waals surface area contributed by atoms with Crippen LogP contribution in [0.2, 0.25) is 0 Å². The van der Waals surface area contributed by atoms with E-state index in [2.05, 4.69) is 19.2 Å². The second kappa shape index (κ2) is 6.07. The molecule has 0 saturated carbocycles. The van der Waals surface area contributed by atoms with Gasteiger partial charge in [-0.3, -0.25) is 0 Å². The lowest BCUT2D eigenvalue weighted by Gasteiger charge is -2.33. The van der Waals surface area contributed by atoms with Crippen molar-refractivity contribution in [2.45, 2.75) is 52.0 Å². The van der Waals surface area contributed by atoms with Gasteiger partial charge in [0.1, 0.15) is 5.54 Å². The van der Waals surface area contributed by atoms with Gasteiger partial charge < -0.3 is 15.3 Å². The number of carboxylic acids is 1. The van der Waals surface area contributed by atoms with E-state index in [9.17, 15) is 14.7 Å². The molecule has 1 fully saturated rings. The Kier molecular flexibility index (Phi) is 4.99. The molecule has 2 N–H and O–H groups in total. The number of urea groups is 1. The van der Waals surface area contributed by atoms with Gasteiger partial charge in [0.15, 0.2) is 0 Å². The Morgan fingerprint density at radius 3 is 2.61 bits per heavy atom. The normalized spacial score (nSPS) is 23.4. The Balaban J connectivity index is 2.63. The number of carboxylic acid groups (broad SMARTS) is 1. The van der Waals surface area contributed by atoms with Crippen LogP contribution in [0.4, 0.5) is 4.79 Å². The van der Waals surface area contributed by atoms with Gasteiger partial charge in [-0.15, -0.1) is 0 Å². The zero-order valence-electron chi connectivity index (χ0n) is 11.5. The number of amides is 2. The van der Waals surface area contributed by atoms with Crippen molar-refractivity contribution in [3.05, 3.63) is 0 Å². The molecule has 0 aliphatic carbocycles. The molecular weight excluding hydrogens is 232 g/mol. The fraction of sp³-hybridized carbons (Fsp3) is 0.846. The van der Waals surface area contributed by atoms with Crippen molar-refractivity contribution in [3.63, 3.8) is 0 Å². The third kappa shape index (κ3) is 2.94. The molecule has 0 aromatic rings. The molecule has 0 bridgehead atoms. The Bertz CT molecular complexity index is 317. The minimum atomic E-state index is -0.998. The standard InChI is InChI=1S/C13H24N2O3/c1-4-13(11(16)17)7-5-9-15(13)12(18)14-8-6-10(2)3/h10H,4-9H2,1-3H3,(H,14,18)(H,16,17). The summed E-state index contributed by atoms with van der Waals surface area (Å²) in [7, 11) is 0. The molecule has 5 nitrogen and oxygen atoms in total. The average Bonchev–Trinajstić information content (AvgIpc) is 2.73. The first-order valence-electron chi connectivity index (χ1n) is 6.73. The molecule has 0 radical (unpaired) electrons. The number of carbonyl (C=O) groups excluding carboxylic acids is 1. The molecule has 0 aromatic carbocycles. The topological polar surface area (TPSA) is 69.6 Å². The third-order valence-corrected chi connectivity index (χ3v) is 3.71. The van der Waals surface area contributed by atoms with Gasteiger partial charge in [-0.1, -0.05) is 20.8 Å². The van der Waals surface area contributed by atoms with Crippen molar-refractivity contribution in [3.8, 4) is 0 Å². The fourth-order valence-corrected chi connectivity index (χ4v) is 2.48. The van der Waals surface area contributed by atoms with Gasteiger partial charge in [0, 0.05) is 13.1 Å². The molecule has 1 aliphatic heterocycles. The predicted molar refractivity (Wildman–Crippen MR) is 69.5 cm³/mol. The van der Waals surface area contributed by atoms with Crippen molar-refractivity contribution in [1.29, 1.82) is 0 Å². The van der Waals surface area contributed by atoms with Gasteiger partial charge in [0.25, 0.3) is 0 Å². The number of aliphatic carboxylic acids is 1. The lowest BCUT2D eigenvalue weighted by Crippen LogP contribution is -2.55. The zero-order valence-corrected chi connectivity index (χ0v) is 11.5. The highest BCUT2D eigenvalue weighted by atomic mass is 16.4. The van der Waals surface area contributed by atoms with Crippen molar-refractivity contribution in [1.82, 2.24) is 10.2 Å². The molecule has 1 unspecified atom stereocenters. The first-order valence-corrected chi connectivity index (χ1v) is 6.73. The summed E-state index contributed by atoms with van der Waals surface area (Å²) in [6.45, 7) is 7.15. The fourth-order valence-electron chi connectivity index (χ4n) is 2.48. The summed E-state index contributed by atoms with van der Waals surface area (Å²) in [6.07, 6.45) is 2.68. The van der Waals surface area contributed by atoms with Crippen molar-refractivity contribution >= 4 is 12.0 Å². The first kappa shape index (κ1) is 14.8. The van der Waals surface area contributed by atoms with Gasteiger partial charge in [-0.05, 0) is 31.6 Å². The van der Waals surface area contributed by atoms with Crippen LogP contribution >= 0.6 is 0 Å². The number of hydrogen-bond acceptors (Lipinski definition) is 2. The second-order valence-electron chi connectivity index (χ2n) is 5.36. The number of hydrogen-bond donors (Lipinski definition) is 2. The van der Waals surface area contributed by atoms with E-state index in [1.807, 2.05) is 6.92 Å². The number of rotatable bonds is 5. The summed E-state index contributed by atoms with van der Waals surface area (Å²) in [4.78, 5) is 25.0. The largest absolute Gasteiger partial charge is 0.479 e. The molecule has 18 heavy (non-hydrogen) atoms. The summed E-state index contributed by atoms with van der Waals surface area (Å²) in [5.74, 6) is -0.360. The summed E-state index contributed by atoms with van der Waals surface area (Å²) in [5.41, 5.74) is -0.998. The van der Waals surface area contributed by atoms with E-state index in [1.54, 1.807) is 0 Å². The van der Waals surface area contributed by atoms with Crippen LogP contribution in [-0.4, -0.2) is 40.6 Å². The van der Waals surface area contributed by atoms with Gasteiger partial charge in [0.2, 0.25) is 0 Å². The van der Waals surface area contributed by atoms with Gasteiger partial charge >= 0.3 is 12.0 Å². The highest BCUT2D eigenvalue weighted by Crippen LogP contribution is 2.32. The lowest BCUT2D eigenvalue weighted by atomic mass is 9.93. The maximum absolute atomic E-state index is 12.1. The Hall–Kier alpha value is -1.26. The van der Waals surface area contributed by atoms with Crippen LogP contribution in [0.1, 0.15) is 46.5 Å². The minimum Gasteiger partial charge on any atom is -0.479 e. The zero-order chi connectivity index (χ0) is 13.8. The maximum atomic E-state index is 12.1. The molecule has 1 saturated heterocycles. The van der Waals surface area contributed by atoms with E-state index in [4.69, 9.17) is 0 Å². The summed E-state index contributed by atoms with van der Waals surface area (Å²) < 4.78 is 0. The number of nitrogens with zero attached hydrogens (tertiary/aromatic N) is 1. The molecule has 5 heteroatoms. The number of carbonyl (C=O) groups is 2. The van der Waals surface area contributed by atoms with Crippen LogP contribution in [0.3, 0.4) is 0 Å². The van der Waals surface area contributed by atoms with Gasteiger partial charge in [-0.2, -0.15) is 0 Å². The average molecular weight is 256 g/mol. The van der Waals surface area contributed by atoms with Gasteiger partial charge in [0.05, 0.1) is 0 Å². The molecule has 1 heterocycles. The predicted octanol–water partition coefficient (Wildman–Crippen LogP) is 2.07.